The van der Waals surface area contributed by atoms with Crippen molar-refractivity contribution in [3.8, 4) is 17.2 Å². The quantitative estimate of drug-likeness (QED) is 0.283. The fourth-order valence-corrected chi connectivity index (χ4v) is 9.44. The number of rotatable bonds is 9. The van der Waals surface area contributed by atoms with Crippen molar-refractivity contribution >= 4 is 0 Å². The zero-order valence-electron chi connectivity index (χ0n) is 29.0. The highest BCUT2D eigenvalue weighted by Gasteiger charge is 2.54. The van der Waals surface area contributed by atoms with Gasteiger partial charge in [-0.1, -0.05) is 12.8 Å². The number of fused-ring (bicyclic) bond motifs is 4. The van der Waals surface area contributed by atoms with Crippen molar-refractivity contribution in [1.29, 1.82) is 0 Å². The molecule has 0 aliphatic heterocycles. The van der Waals surface area contributed by atoms with Gasteiger partial charge in [0.1, 0.15) is 23.1 Å². The highest BCUT2D eigenvalue weighted by atomic mass is 19.4. The zero-order chi connectivity index (χ0) is 35.0. The van der Waals surface area contributed by atoms with Crippen molar-refractivity contribution in [2.45, 2.75) is 68.9 Å². The van der Waals surface area contributed by atoms with Gasteiger partial charge in [-0.25, -0.2) is 4.39 Å². The first-order chi connectivity index (χ1) is 22.5. The Bertz CT molecular complexity index is 1410. The maximum atomic E-state index is 13.9. The highest BCUT2D eigenvalue weighted by Crippen LogP contribution is 2.57. The standard InChI is InChI=1S/C19H26F3NO3.C18H26FNO2/c1-23(2)11-16-13-5-4-12(8-13)10-18(16,24)15-9-14(25-3)6-7-17(15)26-19(20,21)22;1-20(2)11-17-13-5-4-12(6-13)10-18(17,21)14-7-15(19)9-16(8-14)22-3/h6-7,9,12-13,16,24H,4-5,8,10-11H2,1-3H3;7-9,12-13,17,21H,4-6,10-11H2,1-3H3. The summed E-state index contributed by atoms with van der Waals surface area (Å²) in [6.45, 7) is 1.43. The molecule has 0 heterocycles. The number of alkyl halides is 3. The largest absolute Gasteiger partial charge is 0.573 e. The van der Waals surface area contributed by atoms with Crippen LogP contribution in [0.4, 0.5) is 17.6 Å². The molecule has 4 aliphatic rings. The van der Waals surface area contributed by atoms with Gasteiger partial charge in [0.25, 0.3) is 0 Å². The Balaban J connectivity index is 0.000000190. The van der Waals surface area contributed by atoms with E-state index in [-0.39, 0.29) is 29.0 Å². The van der Waals surface area contributed by atoms with E-state index in [2.05, 4.69) is 9.64 Å². The van der Waals surface area contributed by atoms with Crippen molar-refractivity contribution in [3.05, 3.63) is 53.3 Å². The van der Waals surface area contributed by atoms with Crippen molar-refractivity contribution in [1.82, 2.24) is 9.80 Å². The summed E-state index contributed by atoms with van der Waals surface area (Å²) in [5.74, 6) is 1.90. The molecule has 2 aromatic rings. The minimum atomic E-state index is -4.82. The second kappa shape index (κ2) is 14.3. The molecule has 0 aromatic heterocycles. The van der Waals surface area contributed by atoms with Crippen LogP contribution in [0.1, 0.15) is 62.5 Å². The lowest BCUT2D eigenvalue weighted by Crippen LogP contribution is -2.47. The van der Waals surface area contributed by atoms with E-state index >= 15 is 0 Å². The van der Waals surface area contributed by atoms with Gasteiger partial charge in [0.05, 0.1) is 25.4 Å². The first kappa shape index (κ1) is 36.7. The average Bonchev–Trinajstić information content (AvgIpc) is 3.61. The summed E-state index contributed by atoms with van der Waals surface area (Å²) in [6, 6.07) is 8.81. The predicted molar refractivity (Wildman–Crippen MR) is 175 cm³/mol. The molecule has 8 unspecified atom stereocenters. The molecule has 0 radical (unpaired) electrons. The number of hydrogen-bond acceptors (Lipinski definition) is 7. The second-order valence-electron chi connectivity index (χ2n) is 15.2. The molecular weight excluding hydrogens is 628 g/mol. The highest BCUT2D eigenvalue weighted by molar-refractivity contribution is 5.45. The minimum Gasteiger partial charge on any atom is -0.497 e. The SMILES string of the molecule is COc1cc(F)cc(C2(O)CC3CCC(C3)C2CN(C)C)c1.COc1ccc(OC(F)(F)F)c(C2(O)CC3CCC(C3)C2CN(C)C)c1. The monoisotopic (exact) mass is 680 g/mol. The third-order valence-corrected chi connectivity index (χ3v) is 11.3. The molecule has 4 aliphatic carbocycles. The number of methoxy groups -OCH3 is 2. The van der Waals surface area contributed by atoms with Crippen LogP contribution in [0.5, 0.6) is 17.2 Å². The van der Waals surface area contributed by atoms with E-state index in [1.54, 1.807) is 6.07 Å². The van der Waals surface area contributed by atoms with Gasteiger partial charge in [-0.2, -0.15) is 0 Å². The molecule has 4 fully saturated rings. The van der Waals surface area contributed by atoms with Gasteiger partial charge in [0.15, 0.2) is 0 Å². The first-order valence-electron chi connectivity index (χ1n) is 17.1. The molecule has 6 rings (SSSR count). The summed E-state index contributed by atoms with van der Waals surface area (Å²) in [5.41, 5.74) is -1.47. The average molecular weight is 681 g/mol. The molecule has 0 spiro atoms. The molecule has 4 saturated carbocycles. The number of ether oxygens (including phenoxy) is 3. The van der Waals surface area contributed by atoms with Crippen LogP contribution in [0.15, 0.2) is 36.4 Å². The van der Waals surface area contributed by atoms with E-state index in [0.717, 1.165) is 32.2 Å². The van der Waals surface area contributed by atoms with Crippen molar-refractivity contribution in [2.75, 3.05) is 55.5 Å². The normalized spacial score (nSPS) is 32.6. The van der Waals surface area contributed by atoms with Crippen LogP contribution in [-0.2, 0) is 11.2 Å². The van der Waals surface area contributed by atoms with Gasteiger partial charge >= 0.3 is 6.36 Å². The van der Waals surface area contributed by atoms with E-state index in [4.69, 9.17) is 9.47 Å². The van der Waals surface area contributed by atoms with Gasteiger partial charge < -0.3 is 34.2 Å². The van der Waals surface area contributed by atoms with E-state index < -0.39 is 17.6 Å². The summed E-state index contributed by atoms with van der Waals surface area (Å²) < 4.78 is 67.4. The molecule has 0 saturated heterocycles. The van der Waals surface area contributed by atoms with Gasteiger partial charge in [0, 0.05) is 36.6 Å². The number of benzene rings is 2. The summed E-state index contributed by atoms with van der Waals surface area (Å²) in [6.07, 6.45) is 2.97. The molecule has 11 heteroatoms. The molecule has 268 valence electrons. The molecule has 2 N–H and O–H groups in total. The first-order valence-corrected chi connectivity index (χ1v) is 17.1. The van der Waals surface area contributed by atoms with Crippen LogP contribution in [0.3, 0.4) is 0 Å². The fourth-order valence-electron chi connectivity index (χ4n) is 9.44. The van der Waals surface area contributed by atoms with Crippen LogP contribution in [0.25, 0.3) is 0 Å². The molecule has 0 amide bonds. The number of aliphatic hydroxyl groups is 2. The minimum absolute atomic E-state index is 0.146. The Labute approximate surface area is 282 Å². The van der Waals surface area contributed by atoms with Crippen LogP contribution < -0.4 is 14.2 Å². The van der Waals surface area contributed by atoms with Crippen molar-refractivity contribution in [3.63, 3.8) is 0 Å². The lowest BCUT2D eigenvalue weighted by atomic mass is 9.65. The maximum absolute atomic E-state index is 13.9. The van der Waals surface area contributed by atoms with E-state index in [9.17, 15) is 27.8 Å². The van der Waals surface area contributed by atoms with Gasteiger partial charge in [-0.3, -0.25) is 0 Å². The van der Waals surface area contributed by atoms with E-state index in [1.807, 2.05) is 33.1 Å². The van der Waals surface area contributed by atoms with Crippen LogP contribution in [0.2, 0.25) is 0 Å². The number of nitrogens with zero attached hydrogens (tertiary/aromatic N) is 2. The van der Waals surface area contributed by atoms with Crippen LogP contribution in [0, 0.1) is 41.3 Å². The van der Waals surface area contributed by atoms with Crippen LogP contribution >= 0.6 is 0 Å². The Morgan fingerprint density at radius 3 is 1.81 bits per heavy atom. The Kier molecular flexibility index (Phi) is 10.9. The molecule has 8 atom stereocenters. The lowest BCUT2D eigenvalue weighted by molar-refractivity contribution is -0.275. The zero-order valence-corrected chi connectivity index (χ0v) is 29.0. The lowest BCUT2D eigenvalue weighted by Gasteiger charge is -2.46. The van der Waals surface area contributed by atoms with Gasteiger partial charge in [0.2, 0.25) is 0 Å². The van der Waals surface area contributed by atoms with Crippen LogP contribution in [-0.4, -0.2) is 81.9 Å². The Hall–Kier alpha value is -2.60. The summed E-state index contributed by atoms with van der Waals surface area (Å²) in [7, 11) is 10.9. The van der Waals surface area contributed by atoms with Gasteiger partial charge in [-0.15, -0.1) is 13.2 Å². The Morgan fingerprint density at radius 1 is 0.750 bits per heavy atom. The van der Waals surface area contributed by atoms with E-state index in [1.165, 1.54) is 63.8 Å². The van der Waals surface area contributed by atoms with Crippen molar-refractivity contribution in [2.24, 2.45) is 35.5 Å². The second-order valence-corrected chi connectivity index (χ2v) is 15.2. The smallest absolute Gasteiger partial charge is 0.497 e. The molecular formula is C37H52F4N2O5. The third-order valence-electron chi connectivity index (χ3n) is 11.3. The number of halogens is 4. The predicted octanol–water partition coefficient (Wildman–Crippen LogP) is 6.80. The van der Waals surface area contributed by atoms with Gasteiger partial charge in [-0.05, 0) is 126 Å². The summed E-state index contributed by atoms with van der Waals surface area (Å²) in [5, 5.41) is 23.2. The Morgan fingerprint density at radius 2 is 1.29 bits per heavy atom. The topological polar surface area (TPSA) is 74.6 Å². The molecule has 48 heavy (non-hydrogen) atoms. The third kappa shape index (κ3) is 7.90. The molecule has 2 aromatic carbocycles. The van der Waals surface area contributed by atoms with Crippen molar-refractivity contribution < 1.29 is 42.0 Å². The molecule has 4 bridgehead atoms. The maximum Gasteiger partial charge on any atom is 0.573 e. The number of hydrogen-bond donors (Lipinski definition) is 2. The van der Waals surface area contributed by atoms with E-state index in [0.29, 0.717) is 53.7 Å². The molecule has 7 nitrogen and oxygen atoms in total. The summed E-state index contributed by atoms with van der Waals surface area (Å²) >= 11 is 0. The summed E-state index contributed by atoms with van der Waals surface area (Å²) in [4.78, 5) is 4.11. The fraction of sp³-hybridized carbons (Fsp3) is 0.676.